The zero-order chi connectivity index (χ0) is 14.6. The van der Waals surface area contributed by atoms with Crippen LogP contribution in [0.1, 0.15) is 24.3 Å². The van der Waals surface area contributed by atoms with Crippen molar-refractivity contribution in [2.75, 3.05) is 27.7 Å². The Labute approximate surface area is 127 Å². The van der Waals surface area contributed by atoms with Gasteiger partial charge < -0.3 is 10.6 Å². The van der Waals surface area contributed by atoms with Gasteiger partial charge in [-0.05, 0) is 41.5 Å². The number of thiophene rings is 1. The zero-order valence-corrected chi connectivity index (χ0v) is 14.3. The van der Waals surface area contributed by atoms with Gasteiger partial charge in [-0.3, -0.25) is 9.69 Å². The van der Waals surface area contributed by atoms with Gasteiger partial charge in [0.05, 0.1) is 16.4 Å². The Hall–Kier alpha value is -0.430. The highest BCUT2D eigenvalue weighted by Gasteiger charge is 2.26. The third-order valence-electron chi connectivity index (χ3n) is 3.12. The van der Waals surface area contributed by atoms with Crippen LogP contribution >= 0.6 is 27.3 Å². The van der Waals surface area contributed by atoms with E-state index in [1.54, 1.807) is 30.3 Å². The molecular formula is C13H22BrN3OS. The molecule has 0 spiro atoms. The fourth-order valence-corrected chi connectivity index (χ4v) is 3.58. The van der Waals surface area contributed by atoms with Crippen LogP contribution in [-0.2, 0) is 4.79 Å². The van der Waals surface area contributed by atoms with E-state index in [9.17, 15) is 4.79 Å². The van der Waals surface area contributed by atoms with E-state index in [4.69, 9.17) is 5.73 Å². The molecule has 1 amide bonds. The minimum absolute atomic E-state index is 0.0190. The van der Waals surface area contributed by atoms with E-state index in [1.807, 2.05) is 18.0 Å². The standard InChI is InChI=1S/C13H22BrN3OS/c1-5-9(15)13(10-6-7-11(14)19-10)17(4)8-12(18)16(2)3/h6-7,9,13H,5,8,15H2,1-4H3. The van der Waals surface area contributed by atoms with Crippen LogP contribution in [0.25, 0.3) is 0 Å². The maximum atomic E-state index is 11.8. The minimum Gasteiger partial charge on any atom is -0.348 e. The molecule has 0 fully saturated rings. The number of likely N-dealkylation sites (N-methyl/N-ethyl adjacent to an activating group) is 2. The van der Waals surface area contributed by atoms with Crippen molar-refractivity contribution < 1.29 is 4.79 Å². The summed E-state index contributed by atoms with van der Waals surface area (Å²) in [6.07, 6.45) is 0.876. The quantitative estimate of drug-likeness (QED) is 0.858. The second-order valence-electron chi connectivity index (χ2n) is 4.86. The molecule has 2 N–H and O–H groups in total. The van der Waals surface area contributed by atoms with Crippen LogP contribution in [0.3, 0.4) is 0 Å². The Balaban J connectivity index is 2.88. The molecule has 0 saturated heterocycles. The highest BCUT2D eigenvalue weighted by Crippen LogP contribution is 2.32. The van der Waals surface area contributed by atoms with Gasteiger partial charge in [0.25, 0.3) is 0 Å². The maximum Gasteiger partial charge on any atom is 0.236 e. The molecular weight excluding hydrogens is 326 g/mol. The molecule has 0 aliphatic rings. The summed E-state index contributed by atoms with van der Waals surface area (Å²) >= 11 is 5.15. The van der Waals surface area contributed by atoms with Crippen LogP contribution in [0.2, 0.25) is 0 Å². The van der Waals surface area contributed by atoms with Gasteiger partial charge in [0, 0.05) is 25.0 Å². The molecule has 1 rings (SSSR count). The van der Waals surface area contributed by atoms with Crippen molar-refractivity contribution in [1.82, 2.24) is 9.80 Å². The van der Waals surface area contributed by atoms with Crippen LogP contribution in [0.5, 0.6) is 0 Å². The predicted octanol–water partition coefficient (Wildman–Crippen LogP) is 2.31. The minimum atomic E-state index is 0.0190. The average Bonchev–Trinajstić information content (AvgIpc) is 2.75. The lowest BCUT2D eigenvalue weighted by Crippen LogP contribution is -2.43. The Morgan fingerprint density at radius 2 is 2.05 bits per heavy atom. The lowest BCUT2D eigenvalue weighted by atomic mass is 10.0. The highest BCUT2D eigenvalue weighted by molar-refractivity contribution is 9.11. The van der Waals surface area contributed by atoms with Crippen LogP contribution < -0.4 is 5.73 Å². The zero-order valence-electron chi connectivity index (χ0n) is 11.9. The Morgan fingerprint density at radius 3 is 2.47 bits per heavy atom. The van der Waals surface area contributed by atoms with Crippen molar-refractivity contribution in [2.45, 2.75) is 25.4 Å². The molecule has 1 aromatic heterocycles. The van der Waals surface area contributed by atoms with Crippen molar-refractivity contribution >= 4 is 33.2 Å². The molecule has 2 unspecified atom stereocenters. The smallest absolute Gasteiger partial charge is 0.236 e. The first-order valence-corrected chi connectivity index (χ1v) is 7.89. The van der Waals surface area contributed by atoms with Crippen molar-refractivity contribution in [1.29, 1.82) is 0 Å². The van der Waals surface area contributed by atoms with Gasteiger partial charge in [-0.1, -0.05) is 6.92 Å². The summed E-state index contributed by atoms with van der Waals surface area (Å²) in [6, 6.07) is 4.19. The van der Waals surface area contributed by atoms with E-state index < -0.39 is 0 Å². The molecule has 0 saturated carbocycles. The van der Waals surface area contributed by atoms with Crippen LogP contribution in [0, 0.1) is 0 Å². The summed E-state index contributed by atoms with van der Waals surface area (Å²) in [5.41, 5.74) is 6.24. The Morgan fingerprint density at radius 1 is 1.42 bits per heavy atom. The molecule has 0 radical (unpaired) electrons. The van der Waals surface area contributed by atoms with E-state index in [2.05, 4.69) is 28.9 Å². The first-order valence-electron chi connectivity index (χ1n) is 6.28. The first kappa shape index (κ1) is 16.6. The number of hydrogen-bond acceptors (Lipinski definition) is 4. The fraction of sp³-hybridized carbons (Fsp3) is 0.615. The maximum absolute atomic E-state index is 11.8. The number of carbonyl (C=O) groups is 1. The number of rotatable bonds is 6. The second-order valence-corrected chi connectivity index (χ2v) is 7.36. The molecule has 19 heavy (non-hydrogen) atoms. The van der Waals surface area contributed by atoms with E-state index in [0.29, 0.717) is 6.54 Å². The lowest BCUT2D eigenvalue weighted by molar-refractivity contribution is -0.130. The van der Waals surface area contributed by atoms with Gasteiger partial charge in [-0.25, -0.2) is 0 Å². The average molecular weight is 348 g/mol. The van der Waals surface area contributed by atoms with Gasteiger partial charge in [0.1, 0.15) is 0 Å². The summed E-state index contributed by atoms with van der Waals surface area (Å²) in [4.78, 5) is 16.7. The third kappa shape index (κ3) is 4.56. The molecule has 0 bridgehead atoms. The van der Waals surface area contributed by atoms with Gasteiger partial charge >= 0.3 is 0 Å². The fourth-order valence-electron chi connectivity index (χ4n) is 1.92. The summed E-state index contributed by atoms with van der Waals surface area (Å²) in [7, 11) is 5.49. The van der Waals surface area contributed by atoms with Gasteiger partial charge in [0.2, 0.25) is 5.91 Å². The van der Waals surface area contributed by atoms with Crippen LogP contribution in [0.4, 0.5) is 0 Å². The molecule has 6 heteroatoms. The molecule has 4 nitrogen and oxygen atoms in total. The summed E-state index contributed by atoms with van der Waals surface area (Å²) in [6.45, 7) is 2.45. The van der Waals surface area contributed by atoms with Gasteiger partial charge in [-0.15, -0.1) is 11.3 Å². The highest BCUT2D eigenvalue weighted by atomic mass is 79.9. The molecule has 1 aromatic rings. The van der Waals surface area contributed by atoms with Crippen molar-refractivity contribution in [3.05, 3.63) is 20.8 Å². The number of nitrogens with two attached hydrogens (primary N) is 1. The number of nitrogens with zero attached hydrogens (tertiary/aromatic N) is 2. The second kappa shape index (κ2) is 7.38. The largest absolute Gasteiger partial charge is 0.348 e. The molecule has 2 atom stereocenters. The monoisotopic (exact) mass is 347 g/mol. The van der Waals surface area contributed by atoms with Crippen LogP contribution in [-0.4, -0.2) is 49.4 Å². The Kier molecular flexibility index (Phi) is 6.46. The summed E-state index contributed by atoms with van der Waals surface area (Å²) < 4.78 is 1.09. The van der Waals surface area contributed by atoms with Crippen LogP contribution in [0.15, 0.2) is 15.9 Å². The van der Waals surface area contributed by atoms with Crippen molar-refractivity contribution in [3.63, 3.8) is 0 Å². The SMILES string of the molecule is CCC(N)C(c1ccc(Br)s1)N(C)CC(=O)N(C)C. The van der Waals surface area contributed by atoms with Gasteiger partial charge in [0.15, 0.2) is 0 Å². The normalized spacial score (nSPS) is 14.5. The van der Waals surface area contributed by atoms with Crippen molar-refractivity contribution in [3.8, 4) is 0 Å². The van der Waals surface area contributed by atoms with Crippen molar-refractivity contribution in [2.24, 2.45) is 5.73 Å². The number of hydrogen-bond donors (Lipinski definition) is 1. The first-order chi connectivity index (χ1) is 8.86. The summed E-state index contributed by atoms with van der Waals surface area (Å²) in [5.74, 6) is 0.0893. The van der Waals surface area contributed by atoms with E-state index in [-0.39, 0.29) is 18.0 Å². The molecule has 0 aromatic carbocycles. The third-order valence-corrected chi connectivity index (χ3v) is 4.82. The van der Waals surface area contributed by atoms with E-state index in [0.717, 1.165) is 10.2 Å². The number of carbonyl (C=O) groups excluding carboxylic acids is 1. The van der Waals surface area contributed by atoms with E-state index in [1.165, 1.54) is 4.88 Å². The Bertz CT molecular complexity index is 422. The van der Waals surface area contributed by atoms with E-state index >= 15 is 0 Å². The molecule has 108 valence electrons. The predicted molar refractivity (Wildman–Crippen MR) is 84.4 cm³/mol. The molecule has 0 aliphatic carbocycles. The van der Waals surface area contributed by atoms with Gasteiger partial charge in [-0.2, -0.15) is 0 Å². The summed E-state index contributed by atoms with van der Waals surface area (Å²) in [5, 5.41) is 0. The number of amides is 1. The lowest BCUT2D eigenvalue weighted by Gasteiger charge is -2.31. The number of halogens is 1. The topological polar surface area (TPSA) is 49.6 Å². The molecule has 0 aliphatic heterocycles. The molecule has 1 heterocycles.